The van der Waals surface area contributed by atoms with E-state index in [0.29, 0.717) is 0 Å². The lowest BCUT2D eigenvalue weighted by molar-refractivity contribution is -0.152. The van der Waals surface area contributed by atoms with Gasteiger partial charge in [-0.05, 0) is 5.56 Å². The number of rotatable bonds is 7. The van der Waals surface area contributed by atoms with Crippen LogP contribution in [0.2, 0.25) is 0 Å². The fraction of sp³-hybridized carbons (Fsp3) is 0.400. The minimum atomic E-state index is -1.20. The molecular formula is C15H20N2O5. The normalized spacial score (nSPS) is 13.0. The average molecular weight is 308 g/mol. The van der Waals surface area contributed by atoms with Gasteiger partial charge in [0.15, 0.2) is 0 Å². The smallest absolute Gasteiger partial charge is 0.328 e. The maximum absolute atomic E-state index is 12.2. The lowest BCUT2D eigenvalue weighted by Crippen LogP contribution is -2.51. The predicted octanol–water partition coefficient (Wildman–Crippen LogP) is 0.0311. The number of aliphatic carboxylic acids is 1. The van der Waals surface area contributed by atoms with Crippen LogP contribution in [0.1, 0.15) is 12.0 Å². The zero-order valence-electron chi connectivity index (χ0n) is 12.6. The molecule has 0 radical (unpaired) electrons. The first-order chi connectivity index (χ1) is 10.4. The number of hydrogen-bond acceptors (Lipinski definition) is 5. The van der Waals surface area contributed by atoms with Crippen molar-refractivity contribution in [2.45, 2.75) is 24.9 Å². The minimum Gasteiger partial charge on any atom is -0.481 e. The molecule has 1 aromatic rings. The van der Waals surface area contributed by atoms with Gasteiger partial charge in [0, 0.05) is 13.5 Å². The number of esters is 1. The number of amides is 1. The minimum absolute atomic E-state index is 0.259. The van der Waals surface area contributed by atoms with Crippen molar-refractivity contribution in [1.29, 1.82) is 0 Å². The van der Waals surface area contributed by atoms with Crippen molar-refractivity contribution in [2.24, 2.45) is 5.73 Å². The van der Waals surface area contributed by atoms with E-state index in [4.69, 9.17) is 15.6 Å². The summed E-state index contributed by atoms with van der Waals surface area (Å²) in [4.78, 5) is 35.9. The monoisotopic (exact) mass is 308 g/mol. The van der Waals surface area contributed by atoms with Crippen LogP contribution >= 0.6 is 0 Å². The maximum atomic E-state index is 12.2. The first-order valence-electron chi connectivity index (χ1n) is 6.72. The Morgan fingerprint density at radius 1 is 1.27 bits per heavy atom. The number of carboxylic acids is 1. The van der Waals surface area contributed by atoms with Crippen LogP contribution < -0.4 is 5.73 Å². The highest BCUT2D eigenvalue weighted by Gasteiger charge is 2.31. The largest absolute Gasteiger partial charge is 0.481 e. The predicted molar refractivity (Wildman–Crippen MR) is 78.9 cm³/mol. The van der Waals surface area contributed by atoms with Crippen molar-refractivity contribution in [3.63, 3.8) is 0 Å². The topological polar surface area (TPSA) is 110 Å². The number of carbonyl (C=O) groups excluding carboxylic acids is 2. The SMILES string of the molecule is COC(=O)C(Cc1ccccc1)N(C)C(=O)C(N)CC(=O)O. The molecule has 0 saturated carbocycles. The van der Waals surface area contributed by atoms with Gasteiger partial charge in [-0.1, -0.05) is 30.3 Å². The van der Waals surface area contributed by atoms with E-state index in [-0.39, 0.29) is 6.42 Å². The number of likely N-dealkylation sites (N-methyl/N-ethyl adjacent to an activating group) is 1. The number of hydrogen-bond donors (Lipinski definition) is 2. The Kier molecular flexibility index (Phi) is 6.52. The standard InChI is InChI=1S/C15H20N2O5/c1-17(14(20)11(16)9-13(18)19)12(15(21)22-2)8-10-6-4-3-5-7-10/h3-7,11-12H,8-9,16H2,1-2H3,(H,18,19). The summed E-state index contributed by atoms with van der Waals surface area (Å²) in [5.41, 5.74) is 6.42. The summed E-state index contributed by atoms with van der Waals surface area (Å²) in [6.07, 6.45) is -0.238. The van der Waals surface area contributed by atoms with Crippen molar-refractivity contribution in [2.75, 3.05) is 14.2 Å². The quantitative estimate of drug-likeness (QED) is 0.688. The molecule has 7 heteroatoms. The molecule has 0 bridgehead atoms. The van der Waals surface area contributed by atoms with Crippen LogP contribution in [-0.2, 0) is 25.5 Å². The second kappa shape index (κ2) is 8.14. The molecular weight excluding hydrogens is 288 g/mol. The zero-order chi connectivity index (χ0) is 16.7. The van der Waals surface area contributed by atoms with Gasteiger partial charge in [0.05, 0.1) is 19.6 Å². The van der Waals surface area contributed by atoms with Crippen LogP contribution in [0.25, 0.3) is 0 Å². The lowest BCUT2D eigenvalue weighted by Gasteiger charge is -2.28. The summed E-state index contributed by atoms with van der Waals surface area (Å²) in [5, 5.41) is 8.70. The molecule has 7 nitrogen and oxygen atoms in total. The van der Waals surface area contributed by atoms with Gasteiger partial charge in [-0.25, -0.2) is 4.79 Å². The molecule has 3 N–H and O–H groups in total. The third-order valence-corrected chi connectivity index (χ3v) is 3.27. The van der Waals surface area contributed by atoms with Gasteiger partial charge in [-0.15, -0.1) is 0 Å². The number of ether oxygens (including phenoxy) is 1. The Labute approximate surface area is 128 Å². The molecule has 0 aromatic heterocycles. The van der Waals surface area contributed by atoms with Crippen LogP contribution in [0.5, 0.6) is 0 Å². The zero-order valence-corrected chi connectivity index (χ0v) is 12.6. The molecule has 0 aliphatic carbocycles. The molecule has 0 fully saturated rings. The van der Waals surface area contributed by atoms with Gasteiger partial charge in [-0.3, -0.25) is 9.59 Å². The van der Waals surface area contributed by atoms with Crippen molar-refractivity contribution < 1.29 is 24.2 Å². The maximum Gasteiger partial charge on any atom is 0.328 e. The Bertz CT molecular complexity index is 532. The summed E-state index contributed by atoms with van der Waals surface area (Å²) in [5.74, 6) is -2.37. The first-order valence-corrected chi connectivity index (χ1v) is 6.72. The van der Waals surface area contributed by atoms with E-state index in [0.717, 1.165) is 10.5 Å². The fourth-order valence-electron chi connectivity index (χ4n) is 2.04. The van der Waals surface area contributed by atoms with Crippen LogP contribution in [0.4, 0.5) is 0 Å². The third-order valence-electron chi connectivity index (χ3n) is 3.27. The van der Waals surface area contributed by atoms with Crippen molar-refractivity contribution in [3.05, 3.63) is 35.9 Å². The molecule has 1 rings (SSSR count). The Morgan fingerprint density at radius 3 is 2.36 bits per heavy atom. The van der Waals surface area contributed by atoms with Gasteiger partial charge in [0.25, 0.3) is 0 Å². The number of nitrogens with zero attached hydrogens (tertiary/aromatic N) is 1. The molecule has 2 unspecified atom stereocenters. The highest BCUT2D eigenvalue weighted by molar-refractivity contribution is 5.89. The van der Waals surface area contributed by atoms with E-state index in [9.17, 15) is 14.4 Å². The van der Waals surface area contributed by atoms with Gasteiger partial charge >= 0.3 is 11.9 Å². The molecule has 0 aliphatic heterocycles. The second-order valence-corrected chi connectivity index (χ2v) is 4.88. The summed E-state index contributed by atoms with van der Waals surface area (Å²) in [7, 11) is 2.64. The molecule has 120 valence electrons. The highest BCUT2D eigenvalue weighted by Crippen LogP contribution is 2.11. The van der Waals surface area contributed by atoms with Crippen molar-refractivity contribution in [3.8, 4) is 0 Å². The third kappa shape index (κ3) is 4.85. The second-order valence-electron chi connectivity index (χ2n) is 4.88. The molecule has 22 heavy (non-hydrogen) atoms. The van der Waals surface area contributed by atoms with Gasteiger partial charge in [0.1, 0.15) is 6.04 Å². The van der Waals surface area contributed by atoms with Gasteiger partial charge < -0.3 is 20.5 Å². The van der Waals surface area contributed by atoms with Gasteiger partial charge in [0.2, 0.25) is 5.91 Å². The number of carbonyl (C=O) groups is 3. The molecule has 0 spiro atoms. The van der Waals surface area contributed by atoms with Crippen molar-refractivity contribution >= 4 is 17.8 Å². The highest BCUT2D eigenvalue weighted by atomic mass is 16.5. The van der Waals surface area contributed by atoms with E-state index in [1.807, 2.05) is 30.3 Å². The average Bonchev–Trinajstić information content (AvgIpc) is 2.50. The van der Waals surface area contributed by atoms with Gasteiger partial charge in [-0.2, -0.15) is 0 Å². The van der Waals surface area contributed by atoms with Crippen LogP contribution in [0, 0.1) is 0 Å². The molecule has 1 amide bonds. The molecule has 0 saturated heterocycles. The van der Waals surface area contributed by atoms with E-state index < -0.39 is 36.4 Å². The number of carboxylic acid groups (broad SMARTS) is 1. The summed E-state index contributed by atoms with van der Waals surface area (Å²) in [6, 6.07) is 7.07. The Balaban J connectivity index is 2.89. The van der Waals surface area contributed by atoms with E-state index in [2.05, 4.69) is 0 Å². The summed E-state index contributed by atoms with van der Waals surface area (Å²) >= 11 is 0. The molecule has 2 atom stereocenters. The molecule has 0 aliphatic rings. The van der Waals surface area contributed by atoms with Crippen LogP contribution in [0.3, 0.4) is 0 Å². The molecule has 0 heterocycles. The number of benzene rings is 1. The number of methoxy groups -OCH3 is 1. The van der Waals surface area contributed by atoms with Crippen LogP contribution in [-0.4, -0.2) is 54.1 Å². The lowest BCUT2D eigenvalue weighted by atomic mass is 10.0. The molecule has 1 aromatic carbocycles. The fourth-order valence-corrected chi connectivity index (χ4v) is 2.04. The van der Waals surface area contributed by atoms with Crippen LogP contribution in [0.15, 0.2) is 30.3 Å². The summed E-state index contributed by atoms with van der Waals surface area (Å²) in [6.45, 7) is 0. The van der Waals surface area contributed by atoms with Crippen molar-refractivity contribution in [1.82, 2.24) is 4.90 Å². The Hall–Kier alpha value is -2.41. The first kappa shape index (κ1) is 17.6. The van der Waals surface area contributed by atoms with E-state index in [1.54, 1.807) is 0 Å². The Morgan fingerprint density at radius 2 is 1.86 bits per heavy atom. The number of nitrogens with two attached hydrogens (primary N) is 1. The van der Waals surface area contributed by atoms with E-state index in [1.165, 1.54) is 14.2 Å². The van der Waals surface area contributed by atoms with E-state index >= 15 is 0 Å². The summed E-state index contributed by atoms with van der Waals surface area (Å²) < 4.78 is 4.73.